The van der Waals surface area contributed by atoms with Gasteiger partial charge in [-0.05, 0) is 56.2 Å². The largest absolute Gasteiger partial charge is 0.493 e. The van der Waals surface area contributed by atoms with Gasteiger partial charge in [0, 0.05) is 20.1 Å². The van der Waals surface area contributed by atoms with Crippen molar-refractivity contribution >= 4 is 11.8 Å². The molecule has 1 aromatic rings. The Labute approximate surface area is 193 Å². The van der Waals surface area contributed by atoms with Gasteiger partial charge >= 0.3 is 0 Å². The van der Waals surface area contributed by atoms with Gasteiger partial charge in [-0.3, -0.25) is 0 Å². The Morgan fingerprint density at radius 1 is 1.00 bits per heavy atom. The van der Waals surface area contributed by atoms with E-state index in [1.165, 1.54) is 5.56 Å². The van der Waals surface area contributed by atoms with Gasteiger partial charge in [0.2, 0.25) is 11.8 Å². The number of ether oxygens (including phenoxy) is 5. The molecular formula is C25H40N2O5. The molecule has 1 aliphatic heterocycles. The van der Waals surface area contributed by atoms with Gasteiger partial charge < -0.3 is 23.7 Å². The molecule has 7 nitrogen and oxygen atoms in total. The average Bonchev–Trinajstić information content (AvgIpc) is 2.78. The Morgan fingerprint density at radius 3 is 2.44 bits per heavy atom. The maximum atomic E-state index is 5.97. The van der Waals surface area contributed by atoms with E-state index in [2.05, 4.69) is 31.0 Å². The van der Waals surface area contributed by atoms with E-state index in [9.17, 15) is 0 Å². The van der Waals surface area contributed by atoms with Crippen LogP contribution in [0.25, 0.3) is 0 Å². The van der Waals surface area contributed by atoms with Crippen molar-refractivity contribution in [3.63, 3.8) is 0 Å². The minimum Gasteiger partial charge on any atom is -0.493 e. The van der Waals surface area contributed by atoms with E-state index in [0.717, 1.165) is 36.7 Å². The summed E-state index contributed by atoms with van der Waals surface area (Å²) in [5.74, 6) is 3.80. The van der Waals surface area contributed by atoms with Gasteiger partial charge in [0.25, 0.3) is 0 Å². The first-order chi connectivity index (χ1) is 15.5. The number of benzene rings is 1. The van der Waals surface area contributed by atoms with Gasteiger partial charge in [-0.2, -0.15) is 0 Å². The first-order valence-electron chi connectivity index (χ1n) is 11.7. The lowest BCUT2D eigenvalue weighted by Gasteiger charge is -2.27. The maximum Gasteiger partial charge on any atom is 0.209 e. The van der Waals surface area contributed by atoms with E-state index in [0.29, 0.717) is 50.7 Å². The Balaban J connectivity index is 2.14. The molecule has 0 aromatic heterocycles. The first-order valence-corrected chi connectivity index (χ1v) is 11.7. The predicted octanol–water partition coefficient (Wildman–Crippen LogP) is 4.57. The van der Waals surface area contributed by atoms with Crippen LogP contribution >= 0.6 is 0 Å². The van der Waals surface area contributed by atoms with Crippen molar-refractivity contribution in [2.75, 3.05) is 47.2 Å². The Bertz CT molecular complexity index is 748. The van der Waals surface area contributed by atoms with Gasteiger partial charge in [0.1, 0.15) is 12.6 Å². The van der Waals surface area contributed by atoms with E-state index in [-0.39, 0.29) is 6.04 Å². The lowest BCUT2D eigenvalue weighted by atomic mass is 9.84. The molecule has 32 heavy (non-hydrogen) atoms. The third-order valence-electron chi connectivity index (χ3n) is 5.50. The molecule has 0 saturated heterocycles. The molecule has 0 fully saturated rings. The Kier molecular flexibility index (Phi) is 11.4. The number of aliphatic imine (C=N–C) groups is 2. The van der Waals surface area contributed by atoms with Crippen LogP contribution in [0.1, 0.15) is 46.1 Å². The summed E-state index contributed by atoms with van der Waals surface area (Å²) in [4.78, 5) is 9.42. The second-order valence-electron chi connectivity index (χ2n) is 8.18. The summed E-state index contributed by atoms with van der Waals surface area (Å²) in [6, 6.07) is 6.08. The van der Waals surface area contributed by atoms with Crippen LogP contribution in [0, 0.1) is 11.8 Å². The predicted molar refractivity (Wildman–Crippen MR) is 128 cm³/mol. The SMILES string of the molecule is CCOC1=N[C@H](C[C@@H](Cc2ccc(OC)c(OCCCOC)c2)C(C)C)C(OCC)=NC1. The van der Waals surface area contributed by atoms with Crippen LogP contribution in [0.4, 0.5) is 0 Å². The Hall–Kier alpha value is -2.28. The monoisotopic (exact) mass is 448 g/mol. The van der Waals surface area contributed by atoms with E-state index < -0.39 is 0 Å². The molecular weight excluding hydrogens is 408 g/mol. The standard InChI is InChI=1S/C25H40N2O5/c1-7-30-24-17-26-25(31-8-2)21(27-24)16-20(18(3)4)14-19-10-11-22(29-6)23(15-19)32-13-9-12-28-5/h10-11,15,18,20-21H,7-9,12-14,16-17H2,1-6H3/t20-,21-/m1/s1. The third kappa shape index (κ3) is 8.01. The molecule has 1 heterocycles. The molecule has 0 amide bonds. The highest BCUT2D eigenvalue weighted by Gasteiger charge is 2.28. The van der Waals surface area contributed by atoms with Crippen LogP contribution < -0.4 is 9.47 Å². The summed E-state index contributed by atoms with van der Waals surface area (Å²) >= 11 is 0. The topological polar surface area (TPSA) is 70.9 Å². The van der Waals surface area contributed by atoms with Crippen molar-refractivity contribution in [2.24, 2.45) is 21.8 Å². The summed E-state index contributed by atoms with van der Waals surface area (Å²) < 4.78 is 28.0. The molecule has 0 bridgehead atoms. The van der Waals surface area contributed by atoms with Crippen LogP contribution in [0.15, 0.2) is 28.2 Å². The van der Waals surface area contributed by atoms with Crippen LogP contribution in [0.3, 0.4) is 0 Å². The van der Waals surface area contributed by atoms with Crippen molar-refractivity contribution < 1.29 is 23.7 Å². The molecule has 0 saturated carbocycles. The molecule has 0 spiro atoms. The summed E-state index contributed by atoms with van der Waals surface area (Å²) in [6.07, 6.45) is 2.59. The first kappa shape index (κ1) is 26.0. The fraction of sp³-hybridized carbons (Fsp3) is 0.680. The van der Waals surface area contributed by atoms with Crippen molar-refractivity contribution in [1.82, 2.24) is 0 Å². The number of rotatable bonds is 13. The van der Waals surface area contributed by atoms with Crippen LogP contribution in [-0.4, -0.2) is 65.0 Å². The van der Waals surface area contributed by atoms with Gasteiger partial charge in [-0.25, -0.2) is 9.98 Å². The molecule has 1 aliphatic rings. The molecule has 2 atom stereocenters. The summed E-state index contributed by atoms with van der Waals surface area (Å²) in [5.41, 5.74) is 1.21. The molecule has 2 rings (SSSR count). The fourth-order valence-electron chi connectivity index (χ4n) is 3.74. The smallest absolute Gasteiger partial charge is 0.209 e. The van der Waals surface area contributed by atoms with Gasteiger partial charge in [0.15, 0.2) is 11.5 Å². The number of methoxy groups -OCH3 is 2. The molecule has 180 valence electrons. The zero-order valence-corrected chi connectivity index (χ0v) is 20.6. The van der Waals surface area contributed by atoms with Crippen molar-refractivity contribution in [1.29, 1.82) is 0 Å². The minimum atomic E-state index is -0.110. The van der Waals surface area contributed by atoms with Crippen molar-refractivity contribution in [3.05, 3.63) is 23.8 Å². The van der Waals surface area contributed by atoms with Gasteiger partial charge in [-0.1, -0.05) is 19.9 Å². The lowest BCUT2D eigenvalue weighted by molar-refractivity contribution is 0.170. The average molecular weight is 449 g/mol. The summed E-state index contributed by atoms with van der Waals surface area (Å²) in [7, 11) is 3.36. The highest BCUT2D eigenvalue weighted by molar-refractivity contribution is 5.91. The van der Waals surface area contributed by atoms with Gasteiger partial charge in [-0.15, -0.1) is 0 Å². The quantitative estimate of drug-likeness (QED) is 0.414. The number of hydrogen-bond acceptors (Lipinski definition) is 7. The normalized spacial score (nSPS) is 16.9. The van der Waals surface area contributed by atoms with Crippen LogP contribution in [0.2, 0.25) is 0 Å². The third-order valence-corrected chi connectivity index (χ3v) is 5.50. The molecule has 1 aromatic carbocycles. The Morgan fingerprint density at radius 2 is 1.78 bits per heavy atom. The van der Waals surface area contributed by atoms with Crippen LogP contribution in [-0.2, 0) is 20.6 Å². The zero-order chi connectivity index (χ0) is 23.3. The molecule has 0 aliphatic carbocycles. The van der Waals surface area contributed by atoms with Gasteiger partial charge in [0.05, 0.1) is 26.9 Å². The second kappa shape index (κ2) is 14.0. The zero-order valence-electron chi connectivity index (χ0n) is 20.6. The fourth-order valence-corrected chi connectivity index (χ4v) is 3.74. The second-order valence-corrected chi connectivity index (χ2v) is 8.18. The molecule has 0 radical (unpaired) electrons. The van der Waals surface area contributed by atoms with Crippen molar-refractivity contribution in [3.8, 4) is 11.5 Å². The van der Waals surface area contributed by atoms with E-state index >= 15 is 0 Å². The summed E-state index contributed by atoms with van der Waals surface area (Å²) in [6.45, 7) is 11.4. The molecule has 0 N–H and O–H groups in total. The highest BCUT2D eigenvalue weighted by atomic mass is 16.5. The lowest BCUT2D eigenvalue weighted by Crippen LogP contribution is -2.33. The van der Waals surface area contributed by atoms with E-state index in [4.69, 9.17) is 28.7 Å². The summed E-state index contributed by atoms with van der Waals surface area (Å²) in [5, 5.41) is 0. The van der Waals surface area contributed by atoms with E-state index in [1.807, 2.05) is 19.9 Å². The van der Waals surface area contributed by atoms with Crippen LogP contribution in [0.5, 0.6) is 11.5 Å². The minimum absolute atomic E-state index is 0.110. The van der Waals surface area contributed by atoms with E-state index in [1.54, 1.807) is 14.2 Å². The number of hydrogen-bond donors (Lipinski definition) is 0. The molecule has 7 heteroatoms. The molecule has 0 unspecified atom stereocenters. The number of nitrogens with zero attached hydrogens (tertiary/aromatic N) is 2. The van der Waals surface area contributed by atoms with Crippen molar-refractivity contribution in [2.45, 2.75) is 53.0 Å². The highest BCUT2D eigenvalue weighted by Crippen LogP contribution is 2.32. The maximum absolute atomic E-state index is 5.97.